The fourth-order valence-electron chi connectivity index (χ4n) is 2.19. The highest BCUT2D eigenvalue weighted by Gasteiger charge is 2.37. The summed E-state index contributed by atoms with van der Waals surface area (Å²) in [5, 5.41) is 14.4. The number of carboxylic acids is 1. The van der Waals surface area contributed by atoms with Crippen LogP contribution in [0.2, 0.25) is 0 Å². The van der Waals surface area contributed by atoms with Gasteiger partial charge in [0.2, 0.25) is 0 Å². The Hall–Kier alpha value is -0.910. The van der Waals surface area contributed by atoms with E-state index in [2.05, 4.69) is 10.6 Å². The summed E-state index contributed by atoms with van der Waals surface area (Å²) >= 11 is 1.95. The summed E-state index contributed by atoms with van der Waals surface area (Å²) in [6, 6.07) is -1.06. The highest BCUT2D eigenvalue weighted by Crippen LogP contribution is 2.32. The average molecular weight is 272 g/mol. The quantitative estimate of drug-likeness (QED) is 0.705. The maximum atomic E-state index is 11.6. The van der Waals surface area contributed by atoms with Crippen LogP contribution in [0.1, 0.15) is 25.7 Å². The first-order chi connectivity index (χ1) is 8.66. The zero-order valence-electron chi connectivity index (χ0n) is 10.4. The fourth-order valence-corrected chi connectivity index (χ4v) is 3.39. The van der Waals surface area contributed by atoms with Crippen LogP contribution in [0.3, 0.4) is 0 Å². The molecule has 1 aliphatic heterocycles. The van der Waals surface area contributed by atoms with Gasteiger partial charge in [0, 0.05) is 6.54 Å². The molecule has 1 aliphatic carbocycles. The van der Waals surface area contributed by atoms with Crippen LogP contribution < -0.4 is 10.6 Å². The van der Waals surface area contributed by atoms with Crippen LogP contribution in [0.25, 0.3) is 0 Å². The van der Waals surface area contributed by atoms with Crippen LogP contribution in [-0.4, -0.2) is 41.2 Å². The third-order valence-corrected chi connectivity index (χ3v) is 4.59. The molecule has 2 rings (SSSR count). The number of carboxylic acid groups (broad SMARTS) is 1. The molecule has 0 radical (unpaired) electrons. The number of carbonyl (C=O) groups is 2. The number of amides is 2. The van der Waals surface area contributed by atoms with Gasteiger partial charge >= 0.3 is 12.0 Å². The van der Waals surface area contributed by atoms with Crippen molar-refractivity contribution in [2.75, 3.05) is 18.1 Å². The molecule has 18 heavy (non-hydrogen) atoms. The third kappa shape index (κ3) is 4.08. The number of nitrogens with one attached hydrogen (secondary N) is 2. The lowest BCUT2D eigenvalue weighted by Gasteiger charge is -2.22. The molecule has 1 saturated carbocycles. The highest BCUT2D eigenvalue weighted by atomic mass is 32.2. The van der Waals surface area contributed by atoms with Crippen molar-refractivity contribution in [2.24, 2.45) is 11.8 Å². The molecule has 1 saturated heterocycles. The van der Waals surface area contributed by atoms with E-state index in [9.17, 15) is 9.59 Å². The molecule has 0 aromatic heterocycles. The van der Waals surface area contributed by atoms with Crippen molar-refractivity contribution in [1.29, 1.82) is 0 Å². The second-order valence-corrected chi connectivity index (χ2v) is 6.29. The lowest BCUT2D eigenvalue weighted by Crippen LogP contribution is -2.48. The highest BCUT2D eigenvalue weighted by molar-refractivity contribution is 7.99. The van der Waals surface area contributed by atoms with Gasteiger partial charge in [-0.05, 0) is 49.0 Å². The molecule has 6 heteroatoms. The minimum absolute atomic E-state index is 0.124. The van der Waals surface area contributed by atoms with Crippen LogP contribution in [0.4, 0.5) is 4.79 Å². The fraction of sp³-hybridized carbons (Fsp3) is 0.833. The summed E-state index contributed by atoms with van der Waals surface area (Å²) in [6.07, 6.45) is 4.07. The number of thioether (sulfide) groups is 1. The Balaban J connectivity index is 1.68. The smallest absolute Gasteiger partial charge is 0.326 e. The molecule has 0 bridgehead atoms. The van der Waals surface area contributed by atoms with Crippen molar-refractivity contribution >= 4 is 23.8 Å². The number of carbonyl (C=O) groups excluding carboxylic acids is 1. The zero-order chi connectivity index (χ0) is 13.0. The lowest BCUT2D eigenvalue weighted by molar-refractivity contribution is -0.139. The van der Waals surface area contributed by atoms with E-state index in [0.29, 0.717) is 12.5 Å². The normalized spacial score (nSPS) is 22.2. The van der Waals surface area contributed by atoms with Gasteiger partial charge in [0.05, 0.1) is 0 Å². The predicted octanol–water partition coefficient (Wildman–Crippen LogP) is 1.29. The Labute approximate surface area is 111 Å². The van der Waals surface area contributed by atoms with E-state index in [0.717, 1.165) is 37.2 Å². The summed E-state index contributed by atoms with van der Waals surface area (Å²) < 4.78 is 0. The largest absolute Gasteiger partial charge is 0.480 e. The Morgan fingerprint density at radius 1 is 1.22 bits per heavy atom. The van der Waals surface area contributed by atoms with E-state index in [4.69, 9.17) is 5.11 Å². The van der Waals surface area contributed by atoms with E-state index < -0.39 is 12.0 Å². The molecule has 0 aromatic rings. The lowest BCUT2D eigenvalue weighted by atomic mass is 10.0. The summed E-state index contributed by atoms with van der Waals surface area (Å²) in [5.74, 6) is 2.06. The standard InChI is InChI=1S/C12H20N2O3S/c15-11(16)10(9-1-2-9)14-12(17)13-7-8-3-5-18-6-4-8/h8-10H,1-7H2,(H,15,16)(H2,13,14,17). The number of hydrogen-bond donors (Lipinski definition) is 3. The monoisotopic (exact) mass is 272 g/mol. The van der Waals surface area contributed by atoms with Gasteiger partial charge in [0.15, 0.2) is 0 Å². The second-order valence-electron chi connectivity index (χ2n) is 5.06. The molecule has 102 valence electrons. The van der Waals surface area contributed by atoms with Gasteiger partial charge in [-0.3, -0.25) is 0 Å². The molecule has 2 amide bonds. The van der Waals surface area contributed by atoms with Crippen molar-refractivity contribution < 1.29 is 14.7 Å². The van der Waals surface area contributed by atoms with Crippen LogP contribution in [0.5, 0.6) is 0 Å². The average Bonchev–Trinajstić information content (AvgIpc) is 3.18. The van der Waals surface area contributed by atoms with Gasteiger partial charge in [-0.15, -0.1) is 0 Å². The molecule has 0 aromatic carbocycles. The summed E-state index contributed by atoms with van der Waals surface area (Å²) in [7, 11) is 0. The number of urea groups is 1. The SMILES string of the molecule is O=C(NCC1CCSCC1)NC(C(=O)O)C1CC1. The van der Waals surface area contributed by atoms with Gasteiger partial charge in [0.1, 0.15) is 6.04 Å². The van der Waals surface area contributed by atoms with Crippen molar-refractivity contribution in [3.05, 3.63) is 0 Å². The molecular formula is C12H20N2O3S. The van der Waals surface area contributed by atoms with Crippen LogP contribution in [-0.2, 0) is 4.79 Å². The molecule has 1 heterocycles. The minimum Gasteiger partial charge on any atom is -0.480 e. The van der Waals surface area contributed by atoms with Crippen molar-refractivity contribution in [2.45, 2.75) is 31.7 Å². The summed E-state index contributed by atoms with van der Waals surface area (Å²) in [6.45, 7) is 0.656. The summed E-state index contributed by atoms with van der Waals surface area (Å²) in [5.41, 5.74) is 0. The second kappa shape index (κ2) is 6.31. The molecule has 2 aliphatic rings. The van der Waals surface area contributed by atoms with Crippen LogP contribution in [0, 0.1) is 11.8 Å². The third-order valence-electron chi connectivity index (χ3n) is 3.54. The zero-order valence-corrected chi connectivity index (χ0v) is 11.2. The number of aliphatic carboxylic acids is 1. The molecule has 2 fully saturated rings. The molecule has 3 N–H and O–H groups in total. The topological polar surface area (TPSA) is 78.4 Å². The Kier molecular flexibility index (Phi) is 4.74. The van der Waals surface area contributed by atoms with Gasteiger partial charge in [-0.1, -0.05) is 0 Å². The maximum Gasteiger partial charge on any atom is 0.326 e. The van der Waals surface area contributed by atoms with Gasteiger partial charge in [-0.2, -0.15) is 11.8 Å². The van der Waals surface area contributed by atoms with Crippen molar-refractivity contribution in [1.82, 2.24) is 10.6 Å². The number of hydrogen-bond acceptors (Lipinski definition) is 3. The Bertz CT molecular complexity index is 314. The van der Waals surface area contributed by atoms with Gasteiger partial charge in [-0.25, -0.2) is 9.59 Å². The first kappa shape index (κ1) is 13.5. The van der Waals surface area contributed by atoms with Crippen molar-refractivity contribution in [3.8, 4) is 0 Å². The van der Waals surface area contributed by atoms with E-state index in [1.54, 1.807) is 0 Å². The summed E-state index contributed by atoms with van der Waals surface area (Å²) in [4.78, 5) is 22.6. The molecule has 5 nitrogen and oxygen atoms in total. The van der Waals surface area contributed by atoms with E-state index in [1.807, 2.05) is 11.8 Å². The number of rotatable bonds is 5. The van der Waals surface area contributed by atoms with Gasteiger partial charge < -0.3 is 15.7 Å². The molecule has 1 atom stereocenters. The van der Waals surface area contributed by atoms with E-state index in [-0.39, 0.29) is 11.9 Å². The molecule has 1 unspecified atom stereocenters. The van der Waals surface area contributed by atoms with Crippen LogP contribution >= 0.6 is 11.8 Å². The van der Waals surface area contributed by atoms with E-state index in [1.165, 1.54) is 0 Å². The van der Waals surface area contributed by atoms with Gasteiger partial charge in [0.25, 0.3) is 0 Å². The minimum atomic E-state index is -0.929. The van der Waals surface area contributed by atoms with E-state index >= 15 is 0 Å². The Morgan fingerprint density at radius 2 is 1.89 bits per heavy atom. The van der Waals surface area contributed by atoms with Crippen molar-refractivity contribution in [3.63, 3.8) is 0 Å². The molecule has 0 spiro atoms. The first-order valence-electron chi connectivity index (χ1n) is 6.51. The molecular weight excluding hydrogens is 252 g/mol. The first-order valence-corrected chi connectivity index (χ1v) is 7.67. The predicted molar refractivity (Wildman–Crippen MR) is 70.7 cm³/mol. The maximum absolute atomic E-state index is 11.6. The van der Waals surface area contributed by atoms with Crippen LogP contribution in [0.15, 0.2) is 0 Å². The Morgan fingerprint density at radius 3 is 2.44 bits per heavy atom.